The molecule has 1 aliphatic heterocycles. The zero-order valence-corrected chi connectivity index (χ0v) is 17.3. The number of hydrogen-bond acceptors (Lipinski definition) is 4. The molecule has 31 heavy (non-hydrogen) atoms. The molecule has 2 aromatic heterocycles. The molecule has 0 saturated carbocycles. The average Bonchev–Trinajstić information content (AvgIpc) is 3.22. The number of anilines is 1. The maximum Gasteiger partial charge on any atom is 0.224 e. The van der Waals surface area contributed by atoms with Gasteiger partial charge in [-0.2, -0.15) is 0 Å². The summed E-state index contributed by atoms with van der Waals surface area (Å²) in [7, 11) is 0. The smallest absolute Gasteiger partial charge is 0.224 e. The van der Waals surface area contributed by atoms with Crippen LogP contribution < -0.4 is 14.8 Å². The molecular formula is C25H23N3O3. The fourth-order valence-corrected chi connectivity index (χ4v) is 3.64. The van der Waals surface area contributed by atoms with E-state index in [0.29, 0.717) is 26.1 Å². The van der Waals surface area contributed by atoms with Crippen molar-refractivity contribution < 1.29 is 14.3 Å². The van der Waals surface area contributed by atoms with Crippen LogP contribution in [-0.4, -0.2) is 28.5 Å². The Morgan fingerprint density at radius 3 is 2.65 bits per heavy atom. The minimum Gasteiger partial charge on any atom is -0.486 e. The fraction of sp³-hybridized carbons (Fsp3) is 0.200. The number of benzene rings is 2. The number of aryl methyl sites for hydroxylation is 2. The van der Waals surface area contributed by atoms with Gasteiger partial charge in [0.15, 0.2) is 11.5 Å². The minimum atomic E-state index is -0.00731. The first-order valence-corrected chi connectivity index (χ1v) is 10.4. The maximum absolute atomic E-state index is 12.4. The summed E-state index contributed by atoms with van der Waals surface area (Å²) in [6, 6.07) is 17.9. The minimum absolute atomic E-state index is 0.00731. The monoisotopic (exact) mass is 413 g/mol. The van der Waals surface area contributed by atoms with Gasteiger partial charge in [-0.05, 0) is 49.2 Å². The number of pyridine rings is 1. The third kappa shape index (κ3) is 4.23. The first-order valence-electron chi connectivity index (χ1n) is 10.4. The van der Waals surface area contributed by atoms with Crippen molar-refractivity contribution in [1.29, 1.82) is 0 Å². The van der Waals surface area contributed by atoms with Gasteiger partial charge in [0.1, 0.15) is 18.9 Å². The Morgan fingerprint density at radius 1 is 1.00 bits per heavy atom. The highest BCUT2D eigenvalue weighted by molar-refractivity contribution is 5.90. The molecule has 0 spiro atoms. The Kier molecular flexibility index (Phi) is 5.04. The number of nitrogens with one attached hydrogen (secondary N) is 1. The van der Waals surface area contributed by atoms with Gasteiger partial charge in [0.05, 0.1) is 11.4 Å². The number of aromatic nitrogens is 2. The van der Waals surface area contributed by atoms with Gasteiger partial charge in [-0.15, -0.1) is 0 Å². The molecule has 0 fully saturated rings. The fourth-order valence-electron chi connectivity index (χ4n) is 3.64. The van der Waals surface area contributed by atoms with Crippen molar-refractivity contribution in [3.63, 3.8) is 0 Å². The van der Waals surface area contributed by atoms with E-state index in [4.69, 9.17) is 9.47 Å². The van der Waals surface area contributed by atoms with E-state index in [1.165, 1.54) is 5.56 Å². The second-order valence-electron chi connectivity index (χ2n) is 7.70. The predicted molar refractivity (Wildman–Crippen MR) is 120 cm³/mol. The summed E-state index contributed by atoms with van der Waals surface area (Å²) in [6.45, 7) is 3.18. The number of rotatable bonds is 5. The molecule has 0 bridgehead atoms. The molecule has 0 aliphatic carbocycles. The van der Waals surface area contributed by atoms with E-state index in [1.54, 1.807) is 0 Å². The zero-order valence-electron chi connectivity index (χ0n) is 17.3. The van der Waals surface area contributed by atoms with E-state index >= 15 is 0 Å². The van der Waals surface area contributed by atoms with Gasteiger partial charge in [0.25, 0.3) is 0 Å². The van der Waals surface area contributed by atoms with Crippen molar-refractivity contribution in [3.05, 3.63) is 78.1 Å². The summed E-state index contributed by atoms with van der Waals surface area (Å²) in [5.41, 5.74) is 5.72. The van der Waals surface area contributed by atoms with Crippen LogP contribution in [0.1, 0.15) is 17.5 Å². The number of imidazole rings is 1. The molecule has 4 aromatic rings. The summed E-state index contributed by atoms with van der Waals surface area (Å²) in [6.07, 6.45) is 4.98. The predicted octanol–water partition coefficient (Wildman–Crippen LogP) is 4.65. The Bertz CT molecular complexity index is 1240. The number of ether oxygens (including phenoxy) is 2. The topological polar surface area (TPSA) is 64.9 Å². The van der Waals surface area contributed by atoms with Crippen molar-refractivity contribution in [2.24, 2.45) is 0 Å². The van der Waals surface area contributed by atoms with Gasteiger partial charge >= 0.3 is 0 Å². The molecule has 6 nitrogen and oxygen atoms in total. The Morgan fingerprint density at radius 2 is 1.81 bits per heavy atom. The third-order valence-electron chi connectivity index (χ3n) is 5.33. The number of hydrogen-bond donors (Lipinski definition) is 1. The van der Waals surface area contributed by atoms with E-state index in [0.717, 1.165) is 39.7 Å². The van der Waals surface area contributed by atoms with Gasteiger partial charge < -0.3 is 19.2 Å². The lowest BCUT2D eigenvalue weighted by Gasteiger charge is -2.18. The second kappa shape index (κ2) is 8.14. The van der Waals surface area contributed by atoms with E-state index in [9.17, 15) is 4.79 Å². The lowest BCUT2D eigenvalue weighted by Crippen LogP contribution is -2.15. The van der Waals surface area contributed by atoms with Crippen LogP contribution in [0.3, 0.4) is 0 Å². The Balaban J connectivity index is 1.29. The molecule has 0 atom stereocenters. The van der Waals surface area contributed by atoms with Gasteiger partial charge in [-0.25, -0.2) is 4.98 Å². The van der Waals surface area contributed by atoms with Crippen LogP contribution >= 0.6 is 0 Å². The van der Waals surface area contributed by atoms with Crippen molar-refractivity contribution >= 4 is 17.2 Å². The molecule has 0 unspecified atom stereocenters. The summed E-state index contributed by atoms with van der Waals surface area (Å²) < 4.78 is 13.2. The summed E-state index contributed by atoms with van der Waals surface area (Å²) in [4.78, 5) is 17.1. The highest BCUT2D eigenvalue weighted by Crippen LogP contribution is 2.34. The number of nitrogens with zero attached hydrogens (tertiary/aromatic N) is 2. The van der Waals surface area contributed by atoms with E-state index < -0.39 is 0 Å². The van der Waals surface area contributed by atoms with Crippen LogP contribution in [0.5, 0.6) is 11.5 Å². The lowest BCUT2D eigenvalue weighted by molar-refractivity contribution is -0.116. The quantitative estimate of drug-likeness (QED) is 0.517. The molecule has 1 amide bonds. The van der Waals surface area contributed by atoms with Crippen molar-refractivity contribution in [2.75, 3.05) is 18.5 Å². The van der Waals surface area contributed by atoms with Crippen LogP contribution in [0, 0.1) is 6.92 Å². The van der Waals surface area contributed by atoms with Crippen LogP contribution in [0.15, 0.2) is 67.0 Å². The molecule has 5 rings (SSSR count). The van der Waals surface area contributed by atoms with Gasteiger partial charge in [0.2, 0.25) is 5.91 Å². The first kappa shape index (κ1) is 19.2. The van der Waals surface area contributed by atoms with Gasteiger partial charge in [-0.3, -0.25) is 4.79 Å². The number of fused-ring (bicyclic) bond motifs is 2. The third-order valence-corrected chi connectivity index (χ3v) is 5.33. The summed E-state index contributed by atoms with van der Waals surface area (Å²) in [5, 5.41) is 2.98. The highest BCUT2D eigenvalue weighted by Gasteiger charge is 2.14. The molecule has 6 heteroatoms. The Labute approximate surface area is 180 Å². The largest absolute Gasteiger partial charge is 0.486 e. The standard InChI is InChI=1S/C25H23N3O3/c1-17-2-4-18(5-3-17)6-11-25(29)26-20-8-10-24-27-21(16-28(24)15-20)19-7-9-22-23(14-19)31-13-12-30-22/h2-5,7-10,14-16H,6,11-13H2,1H3,(H,26,29). The van der Waals surface area contributed by atoms with E-state index in [2.05, 4.69) is 41.5 Å². The SMILES string of the molecule is Cc1ccc(CCC(=O)Nc2ccc3nc(-c4ccc5c(c4)OCCO5)cn3c2)cc1. The Hall–Kier alpha value is -3.80. The van der Waals surface area contributed by atoms with E-state index in [-0.39, 0.29) is 5.91 Å². The van der Waals surface area contributed by atoms with Gasteiger partial charge in [0, 0.05) is 24.4 Å². The zero-order chi connectivity index (χ0) is 21.2. The molecule has 3 heterocycles. The summed E-state index contributed by atoms with van der Waals surface area (Å²) in [5.74, 6) is 1.49. The molecule has 2 aromatic carbocycles. The maximum atomic E-state index is 12.4. The molecule has 1 N–H and O–H groups in total. The van der Waals surface area contributed by atoms with Crippen molar-refractivity contribution in [2.45, 2.75) is 19.8 Å². The first-order chi connectivity index (χ1) is 15.1. The molecule has 1 aliphatic rings. The molecule has 0 saturated heterocycles. The highest BCUT2D eigenvalue weighted by atomic mass is 16.6. The second-order valence-corrected chi connectivity index (χ2v) is 7.70. The number of amides is 1. The van der Waals surface area contributed by atoms with E-state index in [1.807, 2.05) is 47.1 Å². The molecular weight excluding hydrogens is 390 g/mol. The lowest BCUT2D eigenvalue weighted by atomic mass is 10.1. The molecule has 156 valence electrons. The van der Waals surface area contributed by atoms with Gasteiger partial charge in [-0.1, -0.05) is 29.8 Å². The normalized spacial score (nSPS) is 12.7. The number of carbonyl (C=O) groups excluding carboxylic acids is 1. The number of carbonyl (C=O) groups is 1. The van der Waals surface area contributed by atoms with Crippen molar-refractivity contribution in [1.82, 2.24) is 9.38 Å². The van der Waals surface area contributed by atoms with Crippen molar-refractivity contribution in [3.8, 4) is 22.8 Å². The summed E-state index contributed by atoms with van der Waals surface area (Å²) >= 11 is 0. The van der Waals surface area contributed by atoms with Crippen LogP contribution in [0.25, 0.3) is 16.9 Å². The van der Waals surface area contributed by atoms with Crippen LogP contribution in [0.4, 0.5) is 5.69 Å². The molecule has 0 radical (unpaired) electrons. The van der Waals surface area contributed by atoms with Crippen LogP contribution in [0.2, 0.25) is 0 Å². The average molecular weight is 413 g/mol. The van der Waals surface area contributed by atoms with Crippen LogP contribution in [-0.2, 0) is 11.2 Å².